The van der Waals surface area contributed by atoms with Crippen LogP contribution in [0.25, 0.3) is 10.9 Å². The molecule has 0 bridgehead atoms. The minimum atomic E-state index is -4.57. The van der Waals surface area contributed by atoms with E-state index in [0.29, 0.717) is 5.39 Å². The van der Waals surface area contributed by atoms with E-state index in [1.54, 1.807) is 7.05 Å². The standard InChI is InChI=1S/C17H13ClF3N5O/c1-25-15(10-7-23-26(9-3-4-9)16(27)14(10)24-25)13(22)8-2-5-11(12(18)6-8)17(19,20)21/h2,5-7,9,22H,3-4H2,1H3. The number of rotatable bonds is 3. The van der Waals surface area contributed by atoms with Gasteiger partial charge in [0.1, 0.15) is 0 Å². The molecule has 6 nitrogen and oxygen atoms in total. The fourth-order valence-electron chi connectivity index (χ4n) is 3.01. The van der Waals surface area contributed by atoms with Crippen molar-refractivity contribution in [3.63, 3.8) is 0 Å². The van der Waals surface area contributed by atoms with Crippen LogP contribution in [0, 0.1) is 5.41 Å². The molecule has 0 amide bonds. The number of aromatic nitrogens is 4. The fourth-order valence-corrected chi connectivity index (χ4v) is 3.30. The summed E-state index contributed by atoms with van der Waals surface area (Å²) < 4.78 is 41.4. The van der Waals surface area contributed by atoms with E-state index in [4.69, 9.17) is 17.0 Å². The van der Waals surface area contributed by atoms with Crippen molar-refractivity contribution >= 4 is 28.2 Å². The first kappa shape index (κ1) is 17.7. The highest BCUT2D eigenvalue weighted by Crippen LogP contribution is 2.36. The molecule has 1 aliphatic rings. The maximum Gasteiger partial charge on any atom is 0.417 e. The molecule has 2 aromatic heterocycles. The van der Waals surface area contributed by atoms with E-state index in [9.17, 15) is 18.0 Å². The van der Waals surface area contributed by atoms with Gasteiger partial charge in [0, 0.05) is 12.6 Å². The SMILES string of the molecule is Cn1nc2c(=O)n(C3CC3)ncc2c1C(=N)c1ccc(C(F)(F)F)c(Cl)c1. The predicted molar refractivity (Wildman–Crippen MR) is 93.4 cm³/mol. The van der Waals surface area contributed by atoms with Gasteiger partial charge >= 0.3 is 6.18 Å². The quantitative estimate of drug-likeness (QED) is 0.689. The van der Waals surface area contributed by atoms with Crippen LogP contribution in [0.1, 0.15) is 35.7 Å². The maximum atomic E-state index is 12.9. The number of nitrogens with one attached hydrogen (secondary N) is 1. The van der Waals surface area contributed by atoms with Gasteiger partial charge in [-0.3, -0.25) is 14.9 Å². The molecule has 0 radical (unpaired) electrons. The van der Waals surface area contributed by atoms with E-state index in [1.807, 2.05) is 0 Å². The van der Waals surface area contributed by atoms with Crippen molar-refractivity contribution < 1.29 is 13.2 Å². The molecule has 10 heteroatoms. The van der Waals surface area contributed by atoms with Gasteiger partial charge in [-0.15, -0.1) is 0 Å². The third-order valence-corrected chi connectivity index (χ3v) is 4.81. The van der Waals surface area contributed by atoms with Gasteiger partial charge in [0.25, 0.3) is 5.56 Å². The fraction of sp³-hybridized carbons (Fsp3) is 0.294. The molecule has 1 aliphatic carbocycles. The number of halogens is 4. The van der Waals surface area contributed by atoms with Crippen LogP contribution >= 0.6 is 11.6 Å². The number of benzene rings is 1. The molecular weight excluding hydrogens is 383 g/mol. The minimum Gasteiger partial charge on any atom is -0.298 e. The number of hydrogen-bond donors (Lipinski definition) is 1. The highest BCUT2D eigenvalue weighted by Gasteiger charge is 2.33. The Kier molecular flexibility index (Phi) is 3.88. The Hall–Kier alpha value is -2.68. The molecule has 1 N–H and O–H groups in total. The van der Waals surface area contributed by atoms with Crippen LogP contribution in [-0.4, -0.2) is 25.3 Å². The molecule has 2 heterocycles. The van der Waals surface area contributed by atoms with Crippen molar-refractivity contribution in [3.05, 3.63) is 56.6 Å². The van der Waals surface area contributed by atoms with E-state index >= 15 is 0 Å². The summed E-state index contributed by atoms with van der Waals surface area (Å²) in [5, 5.41) is 16.7. The molecule has 140 valence electrons. The predicted octanol–water partition coefficient (Wildman–Crippen LogP) is 3.55. The van der Waals surface area contributed by atoms with Gasteiger partial charge < -0.3 is 0 Å². The van der Waals surface area contributed by atoms with Crippen LogP contribution in [0.4, 0.5) is 13.2 Å². The van der Waals surface area contributed by atoms with Crippen molar-refractivity contribution in [2.45, 2.75) is 25.1 Å². The number of aryl methyl sites for hydroxylation is 1. The monoisotopic (exact) mass is 395 g/mol. The molecule has 4 rings (SSSR count). The average molecular weight is 396 g/mol. The first-order valence-corrected chi connectivity index (χ1v) is 8.47. The summed E-state index contributed by atoms with van der Waals surface area (Å²) in [6, 6.07) is 3.18. The number of hydrogen-bond acceptors (Lipinski definition) is 4. The second-order valence-electron chi connectivity index (χ2n) is 6.43. The third-order valence-electron chi connectivity index (χ3n) is 4.50. The zero-order valence-corrected chi connectivity index (χ0v) is 14.8. The third kappa shape index (κ3) is 2.91. The molecule has 1 saturated carbocycles. The normalized spacial score (nSPS) is 14.7. The Bertz CT molecular complexity index is 1140. The first-order valence-electron chi connectivity index (χ1n) is 8.09. The van der Waals surface area contributed by atoms with Gasteiger partial charge in [0.15, 0.2) is 5.52 Å². The van der Waals surface area contributed by atoms with Gasteiger partial charge in [-0.25, -0.2) is 4.68 Å². The van der Waals surface area contributed by atoms with E-state index in [1.165, 1.54) is 21.6 Å². The summed E-state index contributed by atoms with van der Waals surface area (Å²) in [7, 11) is 1.57. The van der Waals surface area contributed by atoms with Crippen molar-refractivity contribution in [1.29, 1.82) is 5.41 Å². The average Bonchev–Trinajstić information content (AvgIpc) is 3.36. The topological polar surface area (TPSA) is 76.6 Å². The number of nitrogens with zero attached hydrogens (tertiary/aromatic N) is 4. The molecule has 0 spiro atoms. The second-order valence-corrected chi connectivity index (χ2v) is 6.83. The maximum absolute atomic E-state index is 12.9. The van der Waals surface area contributed by atoms with Crippen LogP contribution in [-0.2, 0) is 13.2 Å². The summed E-state index contributed by atoms with van der Waals surface area (Å²) >= 11 is 5.76. The van der Waals surface area contributed by atoms with E-state index < -0.39 is 16.8 Å². The van der Waals surface area contributed by atoms with Gasteiger partial charge in [0.05, 0.1) is 39.6 Å². The molecular formula is C17H13ClF3N5O. The van der Waals surface area contributed by atoms with Crippen LogP contribution in [0.5, 0.6) is 0 Å². The first-order chi connectivity index (χ1) is 12.7. The lowest BCUT2D eigenvalue weighted by Gasteiger charge is -2.11. The summed E-state index contributed by atoms with van der Waals surface area (Å²) in [5.74, 6) is 0. The zero-order chi connectivity index (χ0) is 19.5. The minimum absolute atomic E-state index is 0.0838. The second kappa shape index (κ2) is 5.91. The van der Waals surface area contributed by atoms with Gasteiger partial charge in [-0.05, 0) is 25.0 Å². The Labute approximate surface area is 155 Å². The molecule has 0 saturated heterocycles. The van der Waals surface area contributed by atoms with Crippen LogP contribution < -0.4 is 5.56 Å². The lowest BCUT2D eigenvalue weighted by molar-refractivity contribution is -0.137. The van der Waals surface area contributed by atoms with E-state index in [0.717, 1.165) is 25.0 Å². The molecule has 0 atom stereocenters. The summed E-state index contributed by atoms with van der Waals surface area (Å²) in [4.78, 5) is 12.6. The van der Waals surface area contributed by atoms with Crippen LogP contribution in [0.3, 0.4) is 0 Å². The highest BCUT2D eigenvalue weighted by atomic mass is 35.5. The summed E-state index contributed by atoms with van der Waals surface area (Å²) in [5.41, 5.74) is -0.754. The molecule has 3 aromatic rings. The lowest BCUT2D eigenvalue weighted by atomic mass is 10.0. The Morgan fingerprint density at radius 1 is 1.33 bits per heavy atom. The molecule has 0 unspecified atom stereocenters. The van der Waals surface area contributed by atoms with Crippen molar-refractivity contribution in [2.24, 2.45) is 7.05 Å². The van der Waals surface area contributed by atoms with Crippen molar-refractivity contribution in [2.75, 3.05) is 0 Å². The molecule has 27 heavy (non-hydrogen) atoms. The largest absolute Gasteiger partial charge is 0.417 e. The number of alkyl halides is 3. The Balaban J connectivity index is 1.81. The number of fused-ring (bicyclic) bond motifs is 1. The van der Waals surface area contributed by atoms with Crippen LogP contribution in [0.15, 0.2) is 29.2 Å². The van der Waals surface area contributed by atoms with E-state index in [2.05, 4.69) is 10.2 Å². The highest BCUT2D eigenvalue weighted by molar-refractivity contribution is 6.32. The molecule has 1 fully saturated rings. The van der Waals surface area contributed by atoms with Crippen LogP contribution in [0.2, 0.25) is 5.02 Å². The summed E-state index contributed by atoms with van der Waals surface area (Å²) in [6.45, 7) is 0. The van der Waals surface area contributed by atoms with E-state index in [-0.39, 0.29) is 34.1 Å². The van der Waals surface area contributed by atoms with Crippen molar-refractivity contribution in [1.82, 2.24) is 19.6 Å². The van der Waals surface area contributed by atoms with Gasteiger partial charge in [-0.2, -0.15) is 23.4 Å². The van der Waals surface area contributed by atoms with Gasteiger partial charge in [-0.1, -0.05) is 17.7 Å². The molecule has 1 aromatic carbocycles. The molecule has 0 aliphatic heterocycles. The smallest absolute Gasteiger partial charge is 0.298 e. The lowest BCUT2D eigenvalue weighted by Crippen LogP contribution is -2.21. The van der Waals surface area contributed by atoms with Gasteiger partial charge in [0.2, 0.25) is 0 Å². The van der Waals surface area contributed by atoms with Crippen molar-refractivity contribution in [3.8, 4) is 0 Å². The Morgan fingerprint density at radius 2 is 2.04 bits per heavy atom. The summed E-state index contributed by atoms with van der Waals surface area (Å²) in [6.07, 6.45) is -1.33. The Morgan fingerprint density at radius 3 is 2.63 bits per heavy atom. The zero-order valence-electron chi connectivity index (χ0n) is 14.0.